The van der Waals surface area contributed by atoms with Crippen LogP contribution in [0.2, 0.25) is 0 Å². The van der Waals surface area contributed by atoms with Crippen LogP contribution in [-0.4, -0.2) is 59.8 Å². The summed E-state index contributed by atoms with van der Waals surface area (Å²) in [5.74, 6) is 0. The molecule has 2 fully saturated rings. The zero-order valence-corrected chi connectivity index (χ0v) is 13.1. The predicted molar refractivity (Wildman–Crippen MR) is 79.6 cm³/mol. The average Bonchev–Trinajstić information content (AvgIpc) is 2.85. The third kappa shape index (κ3) is 3.85. The van der Waals surface area contributed by atoms with Crippen molar-refractivity contribution in [1.82, 2.24) is 9.80 Å². The molecular weight excluding hydrogens is 254 g/mol. The molecule has 5 heteroatoms. The molecule has 1 atom stereocenters. The van der Waals surface area contributed by atoms with Crippen LogP contribution in [0.25, 0.3) is 0 Å². The Bertz CT molecular complexity index is 333. The van der Waals surface area contributed by atoms with E-state index in [0.29, 0.717) is 12.1 Å². The number of nitrogens with two attached hydrogens (primary N) is 1. The van der Waals surface area contributed by atoms with Crippen LogP contribution in [-0.2, 0) is 4.74 Å². The van der Waals surface area contributed by atoms with Gasteiger partial charge in [-0.05, 0) is 53.0 Å². The zero-order chi connectivity index (χ0) is 14.8. The Labute approximate surface area is 122 Å². The number of hydrogen-bond donors (Lipinski definition) is 1. The van der Waals surface area contributed by atoms with Crippen LogP contribution in [0.1, 0.15) is 46.5 Å². The van der Waals surface area contributed by atoms with E-state index in [2.05, 4.69) is 4.90 Å². The molecule has 0 aromatic heterocycles. The number of piperidine rings is 1. The van der Waals surface area contributed by atoms with E-state index in [1.165, 1.54) is 19.4 Å². The van der Waals surface area contributed by atoms with Gasteiger partial charge in [-0.15, -0.1) is 0 Å². The van der Waals surface area contributed by atoms with Crippen LogP contribution in [0.15, 0.2) is 0 Å². The number of rotatable bonds is 2. The number of amides is 1. The minimum Gasteiger partial charge on any atom is -0.444 e. The highest BCUT2D eigenvalue weighted by atomic mass is 16.6. The first-order valence-electron chi connectivity index (χ1n) is 7.84. The lowest BCUT2D eigenvalue weighted by molar-refractivity contribution is 0.0137. The summed E-state index contributed by atoms with van der Waals surface area (Å²) in [4.78, 5) is 16.4. The van der Waals surface area contributed by atoms with E-state index in [1.54, 1.807) is 0 Å². The van der Waals surface area contributed by atoms with Crippen LogP contribution in [0, 0.1) is 0 Å². The fraction of sp³-hybridized carbons (Fsp3) is 0.933. The standard InChI is InChI=1S/C15H29N3O2/c1-15(2,3)20-14(19)17-9-6-12(7-10-17)18-8-4-5-13(18)11-16/h12-13H,4-11,16H2,1-3H3/t13-/m1/s1. The normalized spacial score (nSPS) is 26.0. The van der Waals surface area contributed by atoms with E-state index in [9.17, 15) is 4.79 Å². The minimum absolute atomic E-state index is 0.173. The number of carbonyl (C=O) groups excluding carboxylic acids is 1. The highest BCUT2D eigenvalue weighted by molar-refractivity contribution is 5.68. The summed E-state index contributed by atoms with van der Waals surface area (Å²) >= 11 is 0. The Morgan fingerprint density at radius 1 is 1.20 bits per heavy atom. The summed E-state index contributed by atoms with van der Waals surface area (Å²) in [7, 11) is 0. The van der Waals surface area contributed by atoms with Crippen molar-refractivity contribution in [3.05, 3.63) is 0 Å². The summed E-state index contributed by atoms with van der Waals surface area (Å²) in [5, 5.41) is 0. The maximum atomic E-state index is 12.0. The van der Waals surface area contributed by atoms with E-state index < -0.39 is 5.60 Å². The minimum atomic E-state index is -0.409. The Morgan fingerprint density at radius 3 is 2.40 bits per heavy atom. The molecule has 0 unspecified atom stereocenters. The molecule has 0 saturated carbocycles. The third-order valence-electron chi connectivity index (χ3n) is 4.28. The van der Waals surface area contributed by atoms with Gasteiger partial charge in [0.15, 0.2) is 0 Å². The van der Waals surface area contributed by atoms with Crippen molar-refractivity contribution >= 4 is 6.09 Å². The number of nitrogens with zero attached hydrogens (tertiary/aromatic N) is 2. The molecule has 0 aromatic carbocycles. The van der Waals surface area contributed by atoms with Crippen molar-refractivity contribution in [2.75, 3.05) is 26.2 Å². The van der Waals surface area contributed by atoms with Gasteiger partial charge in [0.25, 0.3) is 0 Å². The van der Waals surface area contributed by atoms with Gasteiger partial charge < -0.3 is 15.4 Å². The van der Waals surface area contributed by atoms with Gasteiger partial charge >= 0.3 is 6.09 Å². The Hall–Kier alpha value is -0.810. The second-order valence-corrected chi connectivity index (χ2v) is 6.97. The molecule has 5 nitrogen and oxygen atoms in total. The average molecular weight is 283 g/mol. The van der Waals surface area contributed by atoms with Gasteiger partial charge in [0.05, 0.1) is 0 Å². The van der Waals surface area contributed by atoms with Crippen molar-refractivity contribution in [2.24, 2.45) is 5.73 Å². The molecule has 2 saturated heterocycles. The number of carbonyl (C=O) groups is 1. The summed E-state index contributed by atoms with van der Waals surface area (Å²) in [6, 6.07) is 1.14. The predicted octanol–water partition coefficient (Wildman–Crippen LogP) is 1.81. The van der Waals surface area contributed by atoms with Crippen LogP contribution in [0.3, 0.4) is 0 Å². The molecule has 0 spiro atoms. The molecule has 1 amide bonds. The molecule has 2 N–H and O–H groups in total. The molecule has 2 aliphatic heterocycles. The van der Waals surface area contributed by atoms with Crippen molar-refractivity contribution in [3.8, 4) is 0 Å². The zero-order valence-electron chi connectivity index (χ0n) is 13.1. The van der Waals surface area contributed by atoms with Gasteiger partial charge in [-0.3, -0.25) is 4.90 Å². The lowest BCUT2D eigenvalue weighted by Crippen LogP contribution is -2.50. The fourth-order valence-corrected chi connectivity index (χ4v) is 3.30. The first-order chi connectivity index (χ1) is 9.40. The smallest absolute Gasteiger partial charge is 0.410 e. The van der Waals surface area contributed by atoms with E-state index in [4.69, 9.17) is 10.5 Å². The highest BCUT2D eigenvalue weighted by Gasteiger charge is 2.34. The van der Waals surface area contributed by atoms with Gasteiger partial charge in [-0.2, -0.15) is 0 Å². The van der Waals surface area contributed by atoms with Crippen LogP contribution in [0.5, 0.6) is 0 Å². The Kier molecular flexibility index (Phi) is 4.91. The molecule has 2 rings (SSSR count). The van der Waals surface area contributed by atoms with Crippen LogP contribution in [0.4, 0.5) is 4.79 Å². The van der Waals surface area contributed by atoms with E-state index in [1.807, 2.05) is 25.7 Å². The van der Waals surface area contributed by atoms with Gasteiger partial charge in [0.2, 0.25) is 0 Å². The Morgan fingerprint density at radius 2 is 1.85 bits per heavy atom. The maximum Gasteiger partial charge on any atom is 0.410 e. The largest absolute Gasteiger partial charge is 0.444 e. The lowest BCUT2D eigenvalue weighted by Gasteiger charge is -2.39. The molecule has 0 aromatic rings. The van der Waals surface area contributed by atoms with Crippen molar-refractivity contribution in [2.45, 2.75) is 64.1 Å². The molecular formula is C15H29N3O2. The van der Waals surface area contributed by atoms with E-state index in [-0.39, 0.29) is 6.09 Å². The molecule has 0 bridgehead atoms. The molecule has 2 heterocycles. The lowest BCUT2D eigenvalue weighted by atomic mass is 10.0. The first kappa shape index (κ1) is 15.6. The van der Waals surface area contributed by atoms with Crippen molar-refractivity contribution in [3.63, 3.8) is 0 Å². The summed E-state index contributed by atoms with van der Waals surface area (Å²) < 4.78 is 5.43. The SMILES string of the molecule is CC(C)(C)OC(=O)N1CCC(N2CCC[C@@H]2CN)CC1. The molecule has 20 heavy (non-hydrogen) atoms. The summed E-state index contributed by atoms with van der Waals surface area (Å²) in [6.07, 6.45) is 4.38. The van der Waals surface area contributed by atoms with Crippen LogP contribution >= 0.6 is 0 Å². The highest BCUT2D eigenvalue weighted by Crippen LogP contribution is 2.26. The molecule has 0 aliphatic carbocycles. The molecule has 2 aliphatic rings. The second kappa shape index (κ2) is 6.31. The fourth-order valence-electron chi connectivity index (χ4n) is 3.30. The van der Waals surface area contributed by atoms with Gasteiger partial charge in [0, 0.05) is 31.7 Å². The maximum absolute atomic E-state index is 12.0. The third-order valence-corrected chi connectivity index (χ3v) is 4.28. The van der Waals surface area contributed by atoms with E-state index >= 15 is 0 Å². The number of hydrogen-bond acceptors (Lipinski definition) is 4. The van der Waals surface area contributed by atoms with Gasteiger partial charge in [-0.25, -0.2) is 4.79 Å². The van der Waals surface area contributed by atoms with Gasteiger partial charge in [0.1, 0.15) is 5.60 Å². The van der Waals surface area contributed by atoms with Crippen molar-refractivity contribution in [1.29, 1.82) is 0 Å². The topological polar surface area (TPSA) is 58.8 Å². The number of likely N-dealkylation sites (tertiary alicyclic amines) is 2. The number of ether oxygens (including phenoxy) is 1. The van der Waals surface area contributed by atoms with Crippen molar-refractivity contribution < 1.29 is 9.53 Å². The summed E-state index contributed by atoms with van der Waals surface area (Å²) in [5.41, 5.74) is 5.44. The quantitative estimate of drug-likeness (QED) is 0.839. The molecule has 0 radical (unpaired) electrons. The first-order valence-corrected chi connectivity index (χ1v) is 7.84. The Balaban J connectivity index is 1.82. The van der Waals surface area contributed by atoms with E-state index in [0.717, 1.165) is 32.5 Å². The monoisotopic (exact) mass is 283 g/mol. The molecule has 116 valence electrons. The second-order valence-electron chi connectivity index (χ2n) is 6.97. The van der Waals surface area contributed by atoms with Crippen LogP contribution < -0.4 is 5.73 Å². The summed E-state index contributed by atoms with van der Waals surface area (Å²) in [6.45, 7) is 9.25. The van der Waals surface area contributed by atoms with Gasteiger partial charge in [-0.1, -0.05) is 0 Å².